The number of nitrogens with zero attached hydrogens (tertiary/aromatic N) is 1. The molecule has 0 aromatic heterocycles. The highest BCUT2D eigenvalue weighted by molar-refractivity contribution is 6.30. The number of rotatable bonds is 7. The molecule has 0 amide bonds. The van der Waals surface area contributed by atoms with E-state index in [2.05, 4.69) is 30.9 Å². The lowest BCUT2D eigenvalue weighted by molar-refractivity contribution is 0.126. The van der Waals surface area contributed by atoms with Crippen LogP contribution in [0.5, 0.6) is 0 Å². The van der Waals surface area contributed by atoms with Crippen LogP contribution in [0.4, 0.5) is 4.39 Å². The number of benzene rings is 2. The van der Waals surface area contributed by atoms with Crippen molar-refractivity contribution in [2.75, 3.05) is 6.54 Å². The molecular weight excluding hydrogens is 313 g/mol. The summed E-state index contributed by atoms with van der Waals surface area (Å²) >= 11 is 5.85. The second-order valence-corrected chi connectivity index (χ2v) is 6.49. The Morgan fingerprint density at radius 2 is 1.83 bits per heavy atom. The van der Waals surface area contributed by atoms with Crippen LogP contribution in [0.15, 0.2) is 48.5 Å². The largest absolute Gasteiger partial charge is 0.388 e. The van der Waals surface area contributed by atoms with E-state index in [4.69, 9.17) is 11.6 Å². The average molecular weight is 336 g/mol. The molecule has 0 radical (unpaired) electrons. The molecule has 4 heteroatoms. The Hall–Kier alpha value is -1.42. The van der Waals surface area contributed by atoms with E-state index in [0.717, 1.165) is 13.1 Å². The van der Waals surface area contributed by atoms with Crippen molar-refractivity contribution in [1.29, 1.82) is 0 Å². The van der Waals surface area contributed by atoms with Gasteiger partial charge >= 0.3 is 0 Å². The van der Waals surface area contributed by atoms with Crippen molar-refractivity contribution >= 4 is 11.6 Å². The lowest BCUT2D eigenvalue weighted by atomic mass is 10.1. The van der Waals surface area contributed by atoms with Crippen LogP contribution in [-0.4, -0.2) is 22.6 Å². The Morgan fingerprint density at radius 3 is 2.43 bits per heavy atom. The smallest absolute Gasteiger partial charge is 0.125 e. The van der Waals surface area contributed by atoms with Crippen molar-refractivity contribution in [3.05, 3.63) is 70.5 Å². The van der Waals surface area contributed by atoms with E-state index in [1.165, 1.54) is 17.7 Å². The number of hydrogen-bond acceptors (Lipinski definition) is 2. The molecule has 0 saturated heterocycles. The van der Waals surface area contributed by atoms with Gasteiger partial charge in [-0.3, -0.25) is 4.90 Å². The molecule has 2 aromatic rings. The molecule has 1 atom stereocenters. The van der Waals surface area contributed by atoms with Crippen molar-refractivity contribution in [1.82, 2.24) is 4.90 Å². The van der Waals surface area contributed by atoms with E-state index in [0.29, 0.717) is 23.0 Å². The summed E-state index contributed by atoms with van der Waals surface area (Å²) in [5, 5.41) is 10.6. The van der Waals surface area contributed by atoms with Crippen LogP contribution >= 0.6 is 11.6 Å². The Morgan fingerprint density at radius 1 is 1.13 bits per heavy atom. The molecule has 124 valence electrons. The molecule has 0 aliphatic rings. The molecule has 0 heterocycles. The Kier molecular flexibility index (Phi) is 6.58. The SMILES string of the molecule is CC(C)N(CCC(O)c1cc(F)cc(Cl)c1)Cc1ccccc1. The zero-order valence-electron chi connectivity index (χ0n) is 13.5. The molecule has 0 aliphatic carbocycles. The summed E-state index contributed by atoms with van der Waals surface area (Å²) in [6, 6.07) is 14.8. The van der Waals surface area contributed by atoms with Gasteiger partial charge in [-0.1, -0.05) is 41.9 Å². The molecule has 0 aliphatic heterocycles. The molecule has 23 heavy (non-hydrogen) atoms. The Bertz CT molecular complexity index is 598. The molecule has 0 saturated carbocycles. The Balaban J connectivity index is 1.98. The third kappa shape index (κ3) is 5.61. The van der Waals surface area contributed by atoms with Gasteiger partial charge in [-0.15, -0.1) is 0 Å². The highest BCUT2D eigenvalue weighted by atomic mass is 35.5. The van der Waals surface area contributed by atoms with E-state index in [1.54, 1.807) is 6.07 Å². The van der Waals surface area contributed by atoms with E-state index in [9.17, 15) is 9.50 Å². The molecule has 1 unspecified atom stereocenters. The van der Waals surface area contributed by atoms with Crippen LogP contribution in [-0.2, 0) is 6.54 Å². The molecule has 2 nitrogen and oxygen atoms in total. The van der Waals surface area contributed by atoms with Crippen LogP contribution in [0, 0.1) is 5.82 Å². The fourth-order valence-corrected chi connectivity index (χ4v) is 2.79. The first-order valence-electron chi connectivity index (χ1n) is 7.87. The quantitative estimate of drug-likeness (QED) is 0.784. The summed E-state index contributed by atoms with van der Waals surface area (Å²) < 4.78 is 13.4. The van der Waals surface area contributed by atoms with Gasteiger partial charge in [0.25, 0.3) is 0 Å². The predicted molar refractivity (Wildman–Crippen MR) is 93.0 cm³/mol. The van der Waals surface area contributed by atoms with Gasteiger partial charge in [0.15, 0.2) is 0 Å². The molecule has 1 N–H and O–H groups in total. The van der Waals surface area contributed by atoms with Crippen LogP contribution in [0.3, 0.4) is 0 Å². The van der Waals surface area contributed by atoms with Crippen LogP contribution in [0.1, 0.15) is 37.5 Å². The number of aliphatic hydroxyl groups excluding tert-OH is 1. The first kappa shape index (κ1) is 17.9. The average Bonchev–Trinajstić information content (AvgIpc) is 2.50. The number of hydrogen-bond donors (Lipinski definition) is 1. The molecule has 0 bridgehead atoms. The fraction of sp³-hybridized carbons (Fsp3) is 0.368. The number of aliphatic hydroxyl groups is 1. The molecule has 0 spiro atoms. The van der Waals surface area contributed by atoms with Crippen molar-refractivity contribution in [3.63, 3.8) is 0 Å². The minimum atomic E-state index is -0.722. The first-order valence-corrected chi connectivity index (χ1v) is 8.25. The summed E-state index contributed by atoms with van der Waals surface area (Å²) in [5.74, 6) is -0.420. The Labute approximate surface area is 142 Å². The van der Waals surface area contributed by atoms with Gasteiger partial charge in [-0.05, 0) is 49.6 Å². The summed E-state index contributed by atoms with van der Waals surface area (Å²) in [7, 11) is 0. The summed E-state index contributed by atoms with van der Waals surface area (Å²) in [6.07, 6.45) is -0.189. The van der Waals surface area contributed by atoms with Gasteiger partial charge in [-0.2, -0.15) is 0 Å². The van der Waals surface area contributed by atoms with Gasteiger partial charge in [0.05, 0.1) is 6.10 Å². The third-order valence-corrected chi connectivity index (χ3v) is 4.14. The normalized spacial score (nSPS) is 12.8. The zero-order chi connectivity index (χ0) is 16.8. The van der Waals surface area contributed by atoms with E-state index in [-0.39, 0.29) is 0 Å². The van der Waals surface area contributed by atoms with Crippen LogP contribution < -0.4 is 0 Å². The summed E-state index contributed by atoms with van der Waals surface area (Å²) in [6.45, 7) is 5.82. The minimum Gasteiger partial charge on any atom is -0.388 e. The minimum absolute atomic E-state index is 0.309. The summed E-state index contributed by atoms with van der Waals surface area (Å²) in [5.41, 5.74) is 1.77. The summed E-state index contributed by atoms with van der Waals surface area (Å²) in [4.78, 5) is 2.29. The second-order valence-electron chi connectivity index (χ2n) is 6.06. The van der Waals surface area contributed by atoms with Gasteiger partial charge in [-0.25, -0.2) is 4.39 Å². The van der Waals surface area contributed by atoms with Crippen molar-refractivity contribution in [2.24, 2.45) is 0 Å². The van der Waals surface area contributed by atoms with Crippen LogP contribution in [0.25, 0.3) is 0 Å². The number of halogens is 2. The predicted octanol–water partition coefficient (Wildman–Crippen LogP) is 4.81. The van der Waals surface area contributed by atoms with Gasteiger partial charge < -0.3 is 5.11 Å². The van der Waals surface area contributed by atoms with Crippen molar-refractivity contribution in [2.45, 2.75) is 39.0 Å². The maximum absolute atomic E-state index is 13.4. The lowest BCUT2D eigenvalue weighted by Crippen LogP contribution is -2.32. The maximum Gasteiger partial charge on any atom is 0.125 e. The second kappa shape index (κ2) is 8.44. The molecule has 0 fully saturated rings. The standard InChI is InChI=1S/C19H23ClFNO/c1-14(2)22(13-15-6-4-3-5-7-15)9-8-19(23)16-10-17(20)12-18(21)11-16/h3-7,10-12,14,19,23H,8-9,13H2,1-2H3. The van der Waals surface area contributed by atoms with E-state index < -0.39 is 11.9 Å². The molecule has 2 rings (SSSR count). The van der Waals surface area contributed by atoms with Crippen molar-refractivity contribution < 1.29 is 9.50 Å². The third-order valence-electron chi connectivity index (χ3n) is 3.92. The zero-order valence-corrected chi connectivity index (χ0v) is 14.3. The van der Waals surface area contributed by atoms with Gasteiger partial charge in [0.2, 0.25) is 0 Å². The van der Waals surface area contributed by atoms with Crippen molar-refractivity contribution in [3.8, 4) is 0 Å². The van der Waals surface area contributed by atoms with E-state index in [1.807, 2.05) is 18.2 Å². The van der Waals surface area contributed by atoms with E-state index >= 15 is 0 Å². The molecule has 2 aromatic carbocycles. The highest BCUT2D eigenvalue weighted by Gasteiger charge is 2.15. The maximum atomic E-state index is 13.4. The molecular formula is C19H23ClFNO. The first-order chi connectivity index (χ1) is 11.0. The topological polar surface area (TPSA) is 23.5 Å². The van der Waals surface area contributed by atoms with Crippen LogP contribution in [0.2, 0.25) is 5.02 Å². The lowest BCUT2D eigenvalue weighted by Gasteiger charge is -2.27. The van der Waals surface area contributed by atoms with Gasteiger partial charge in [0.1, 0.15) is 5.82 Å². The fourth-order valence-electron chi connectivity index (χ4n) is 2.56. The van der Waals surface area contributed by atoms with Gasteiger partial charge in [0, 0.05) is 24.2 Å². The monoisotopic (exact) mass is 335 g/mol. The highest BCUT2D eigenvalue weighted by Crippen LogP contribution is 2.23.